The molecule has 2 unspecified atom stereocenters. The Labute approximate surface area is 62.4 Å². The molecule has 2 heteroatoms. The Hall–Kier alpha value is -0.520. The van der Waals surface area contributed by atoms with Crippen molar-refractivity contribution in [3.05, 3.63) is 0 Å². The van der Waals surface area contributed by atoms with Crippen LogP contribution in [0, 0.1) is 24.2 Å². The molecule has 2 atom stereocenters. The number of nitrogens with two attached hydrogens (primary N) is 1. The molecule has 0 aromatic rings. The van der Waals surface area contributed by atoms with Crippen molar-refractivity contribution >= 4 is 0 Å². The first-order chi connectivity index (χ1) is 4.63. The van der Waals surface area contributed by atoms with Crippen molar-refractivity contribution in [1.29, 1.82) is 0 Å². The Morgan fingerprint density at radius 1 is 1.60 bits per heavy atom. The molecule has 0 aliphatic carbocycles. The number of terminal acetylenes is 1. The first-order valence-corrected chi connectivity index (χ1v) is 3.47. The maximum atomic E-state index is 9.17. The van der Waals surface area contributed by atoms with E-state index in [-0.39, 0.29) is 5.92 Å². The van der Waals surface area contributed by atoms with Crippen LogP contribution in [0.5, 0.6) is 0 Å². The highest BCUT2D eigenvalue weighted by molar-refractivity contribution is 4.97. The molecule has 0 heterocycles. The van der Waals surface area contributed by atoms with Crippen LogP contribution in [0.4, 0.5) is 0 Å². The van der Waals surface area contributed by atoms with Gasteiger partial charge in [0.05, 0.1) is 0 Å². The Morgan fingerprint density at radius 2 is 2.10 bits per heavy atom. The van der Waals surface area contributed by atoms with E-state index >= 15 is 0 Å². The van der Waals surface area contributed by atoms with Gasteiger partial charge in [0.25, 0.3) is 0 Å². The quantitative estimate of drug-likeness (QED) is 0.552. The van der Waals surface area contributed by atoms with Crippen LogP contribution in [0.25, 0.3) is 0 Å². The standard InChI is InChI=1S/C8H15NO/c1-4-8(10)7(5-9)6(2)3/h1,6-8,10H,5,9H2,2-3H3. The van der Waals surface area contributed by atoms with Crippen molar-refractivity contribution < 1.29 is 5.11 Å². The van der Waals surface area contributed by atoms with Gasteiger partial charge < -0.3 is 10.8 Å². The minimum absolute atomic E-state index is 0.0324. The summed E-state index contributed by atoms with van der Waals surface area (Å²) in [7, 11) is 0. The summed E-state index contributed by atoms with van der Waals surface area (Å²) in [5, 5.41) is 9.17. The predicted molar refractivity (Wildman–Crippen MR) is 42.2 cm³/mol. The molecule has 0 spiro atoms. The van der Waals surface area contributed by atoms with Crippen molar-refractivity contribution in [3.8, 4) is 12.3 Å². The van der Waals surface area contributed by atoms with Gasteiger partial charge >= 0.3 is 0 Å². The summed E-state index contributed by atoms with van der Waals surface area (Å²) in [6, 6.07) is 0. The third kappa shape index (κ3) is 2.38. The van der Waals surface area contributed by atoms with Gasteiger partial charge in [-0.05, 0) is 12.5 Å². The molecule has 58 valence electrons. The molecule has 0 fully saturated rings. The van der Waals surface area contributed by atoms with Crippen LogP contribution in [0.3, 0.4) is 0 Å². The lowest BCUT2D eigenvalue weighted by Gasteiger charge is -2.20. The highest BCUT2D eigenvalue weighted by Gasteiger charge is 2.18. The topological polar surface area (TPSA) is 46.2 Å². The maximum Gasteiger partial charge on any atom is 0.118 e. The molecule has 0 aliphatic heterocycles. The van der Waals surface area contributed by atoms with Gasteiger partial charge in [-0.3, -0.25) is 0 Å². The van der Waals surface area contributed by atoms with Crippen molar-refractivity contribution in [1.82, 2.24) is 0 Å². The van der Waals surface area contributed by atoms with Crippen LogP contribution in [-0.4, -0.2) is 17.8 Å². The van der Waals surface area contributed by atoms with Crippen molar-refractivity contribution in [2.45, 2.75) is 20.0 Å². The highest BCUT2D eigenvalue weighted by Crippen LogP contribution is 2.12. The van der Waals surface area contributed by atoms with Gasteiger partial charge in [0.15, 0.2) is 0 Å². The van der Waals surface area contributed by atoms with Gasteiger partial charge in [0, 0.05) is 5.92 Å². The fourth-order valence-corrected chi connectivity index (χ4v) is 0.889. The number of rotatable bonds is 3. The summed E-state index contributed by atoms with van der Waals surface area (Å²) >= 11 is 0. The lowest BCUT2D eigenvalue weighted by atomic mass is 9.91. The van der Waals surface area contributed by atoms with Crippen LogP contribution >= 0.6 is 0 Å². The fourth-order valence-electron chi connectivity index (χ4n) is 0.889. The van der Waals surface area contributed by atoms with E-state index in [0.29, 0.717) is 12.5 Å². The highest BCUT2D eigenvalue weighted by atomic mass is 16.3. The molecule has 0 saturated heterocycles. The fraction of sp³-hybridized carbons (Fsp3) is 0.750. The molecule has 0 radical (unpaired) electrons. The number of hydrogen-bond donors (Lipinski definition) is 2. The normalized spacial score (nSPS) is 16.4. The first kappa shape index (κ1) is 9.48. The van der Waals surface area contributed by atoms with E-state index in [4.69, 9.17) is 12.2 Å². The van der Waals surface area contributed by atoms with E-state index in [0.717, 1.165) is 0 Å². The lowest BCUT2D eigenvalue weighted by Crippen LogP contribution is -2.30. The molecule has 0 rings (SSSR count). The van der Waals surface area contributed by atoms with Crippen LogP contribution in [0.1, 0.15) is 13.8 Å². The molecule has 0 bridgehead atoms. The molecule has 3 N–H and O–H groups in total. The largest absolute Gasteiger partial charge is 0.380 e. The maximum absolute atomic E-state index is 9.17. The van der Waals surface area contributed by atoms with E-state index in [9.17, 15) is 5.11 Å². The number of aliphatic hydroxyl groups is 1. The smallest absolute Gasteiger partial charge is 0.118 e. The average Bonchev–Trinajstić information content (AvgIpc) is 1.88. The Kier molecular flexibility index (Phi) is 4.10. The molecular weight excluding hydrogens is 126 g/mol. The second-order valence-corrected chi connectivity index (χ2v) is 2.76. The van der Waals surface area contributed by atoms with Crippen LogP contribution < -0.4 is 5.73 Å². The number of aliphatic hydroxyl groups excluding tert-OH is 1. The van der Waals surface area contributed by atoms with Crippen molar-refractivity contribution in [3.63, 3.8) is 0 Å². The Morgan fingerprint density at radius 3 is 2.20 bits per heavy atom. The molecule has 10 heavy (non-hydrogen) atoms. The summed E-state index contributed by atoms with van der Waals surface area (Å²) in [6.45, 7) is 4.44. The summed E-state index contributed by atoms with van der Waals surface area (Å²) in [5.74, 6) is 2.65. The number of hydrogen-bond acceptors (Lipinski definition) is 2. The molecule has 0 aromatic heterocycles. The third-order valence-corrected chi connectivity index (χ3v) is 1.70. The van der Waals surface area contributed by atoms with E-state index < -0.39 is 6.10 Å². The monoisotopic (exact) mass is 141 g/mol. The summed E-state index contributed by atoms with van der Waals surface area (Å²) < 4.78 is 0. The summed E-state index contributed by atoms with van der Waals surface area (Å²) in [5.41, 5.74) is 5.39. The zero-order chi connectivity index (χ0) is 8.15. The second kappa shape index (κ2) is 4.32. The van der Waals surface area contributed by atoms with Gasteiger partial charge in [-0.15, -0.1) is 6.42 Å². The molecule has 0 saturated carbocycles. The molecule has 0 aromatic carbocycles. The van der Waals surface area contributed by atoms with E-state index in [2.05, 4.69) is 5.92 Å². The van der Waals surface area contributed by atoms with Gasteiger partial charge in [0.2, 0.25) is 0 Å². The van der Waals surface area contributed by atoms with Crippen LogP contribution in [-0.2, 0) is 0 Å². The zero-order valence-electron chi connectivity index (χ0n) is 6.54. The first-order valence-electron chi connectivity index (χ1n) is 3.47. The molecule has 2 nitrogen and oxygen atoms in total. The van der Waals surface area contributed by atoms with Gasteiger partial charge in [0.1, 0.15) is 6.10 Å². The van der Waals surface area contributed by atoms with Crippen molar-refractivity contribution in [2.75, 3.05) is 6.54 Å². The Bertz CT molecular complexity index is 126. The predicted octanol–water partition coefficient (Wildman–Crippen LogP) is 0.211. The SMILES string of the molecule is C#CC(O)C(CN)C(C)C. The summed E-state index contributed by atoms with van der Waals surface area (Å²) in [4.78, 5) is 0. The summed E-state index contributed by atoms with van der Waals surface area (Å²) in [6.07, 6.45) is 4.34. The minimum atomic E-state index is -0.690. The second-order valence-electron chi connectivity index (χ2n) is 2.76. The van der Waals surface area contributed by atoms with Crippen LogP contribution in [0.15, 0.2) is 0 Å². The van der Waals surface area contributed by atoms with E-state index in [1.165, 1.54) is 0 Å². The van der Waals surface area contributed by atoms with E-state index in [1.807, 2.05) is 13.8 Å². The molecular formula is C8H15NO. The van der Waals surface area contributed by atoms with E-state index in [1.54, 1.807) is 0 Å². The molecule has 0 aliphatic rings. The third-order valence-electron chi connectivity index (χ3n) is 1.70. The van der Waals surface area contributed by atoms with Gasteiger partial charge in [-0.1, -0.05) is 19.8 Å². The van der Waals surface area contributed by atoms with Crippen LogP contribution in [0.2, 0.25) is 0 Å². The van der Waals surface area contributed by atoms with Crippen molar-refractivity contribution in [2.24, 2.45) is 17.6 Å². The lowest BCUT2D eigenvalue weighted by molar-refractivity contribution is 0.135. The average molecular weight is 141 g/mol. The van der Waals surface area contributed by atoms with Gasteiger partial charge in [-0.25, -0.2) is 0 Å². The zero-order valence-corrected chi connectivity index (χ0v) is 6.54. The minimum Gasteiger partial charge on any atom is -0.380 e. The Balaban J connectivity index is 3.96. The molecule has 0 amide bonds. The van der Waals surface area contributed by atoms with Gasteiger partial charge in [-0.2, -0.15) is 0 Å².